The predicted octanol–water partition coefficient (Wildman–Crippen LogP) is 2.19. The van der Waals surface area contributed by atoms with E-state index in [4.69, 9.17) is 10.2 Å². The first-order valence-corrected chi connectivity index (χ1v) is 11.7. The van der Waals surface area contributed by atoms with Crippen molar-refractivity contribution in [3.8, 4) is 11.4 Å². The van der Waals surface area contributed by atoms with Gasteiger partial charge in [0.25, 0.3) is 11.4 Å². The number of carbonyl (C=O) groups excluding carboxylic acids is 2. The van der Waals surface area contributed by atoms with Crippen molar-refractivity contribution in [3.05, 3.63) is 88.3 Å². The van der Waals surface area contributed by atoms with Crippen molar-refractivity contribution in [1.29, 1.82) is 0 Å². The van der Waals surface area contributed by atoms with Gasteiger partial charge in [-0.05, 0) is 30.5 Å². The zero-order chi connectivity index (χ0) is 26.5. The number of hydrogen-bond donors (Lipinski definition) is 2. The monoisotopic (exact) mass is 501 g/mol. The van der Waals surface area contributed by atoms with Crippen LogP contribution in [0.2, 0.25) is 0 Å². The number of rotatable bonds is 9. The summed E-state index contributed by atoms with van der Waals surface area (Å²) in [5, 5.41) is 10.6. The van der Waals surface area contributed by atoms with Crippen LogP contribution in [0.5, 0.6) is 0 Å². The molecule has 3 heterocycles. The van der Waals surface area contributed by atoms with Crippen molar-refractivity contribution < 1.29 is 14.0 Å². The Kier molecular flexibility index (Phi) is 7.52. The van der Waals surface area contributed by atoms with Crippen LogP contribution >= 0.6 is 0 Å². The van der Waals surface area contributed by atoms with Crippen LogP contribution in [-0.2, 0) is 17.8 Å². The lowest BCUT2D eigenvalue weighted by atomic mass is 9.99. The highest BCUT2D eigenvalue weighted by molar-refractivity contribution is 5.98. The van der Waals surface area contributed by atoms with E-state index in [1.807, 2.05) is 31.2 Å². The third-order valence-electron chi connectivity index (χ3n) is 5.68. The molecule has 1 atom stereocenters. The average Bonchev–Trinajstić information content (AvgIpc) is 3.34. The standard InChI is InChI=1S/C26H27N7O4/c1-15(2)22(23(35)25-32-31-21(37-25)11-17-7-4-6-16(3)10-17)30-20(34)14-33-24(18-8-5-9-28-12-18)29-13-19(27)26(33)36/h4-10,12-13,15,22H,11,14,27H2,1-3H3,(H,30,34). The van der Waals surface area contributed by atoms with Crippen molar-refractivity contribution in [2.45, 2.75) is 39.8 Å². The van der Waals surface area contributed by atoms with Gasteiger partial charge in [0.15, 0.2) is 0 Å². The van der Waals surface area contributed by atoms with E-state index in [-0.39, 0.29) is 23.3 Å². The number of nitrogens with zero attached hydrogens (tertiary/aromatic N) is 5. The summed E-state index contributed by atoms with van der Waals surface area (Å²) < 4.78 is 6.77. The Balaban J connectivity index is 1.52. The zero-order valence-electron chi connectivity index (χ0n) is 20.7. The van der Waals surface area contributed by atoms with Gasteiger partial charge in [0.2, 0.25) is 17.6 Å². The van der Waals surface area contributed by atoms with E-state index >= 15 is 0 Å². The van der Waals surface area contributed by atoms with Crippen LogP contribution < -0.4 is 16.6 Å². The second kappa shape index (κ2) is 10.9. The van der Waals surface area contributed by atoms with Gasteiger partial charge in [-0.2, -0.15) is 0 Å². The summed E-state index contributed by atoms with van der Waals surface area (Å²) in [5.41, 5.74) is 7.68. The van der Waals surface area contributed by atoms with E-state index < -0.39 is 29.8 Å². The maximum atomic E-state index is 13.2. The van der Waals surface area contributed by atoms with E-state index in [0.29, 0.717) is 17.9 Å². The molecular weight excluding hydrogens is 474 g/mol. The van der Waals surface area contributed by atoms with Gasteiger partial charge in [-0.25, -0.2) is 4.98 Å². The molecule has 0 aliphatic carbocycles. The Bertz CT molecular complexity index is 1480. The number of hydrogen-bond acceptors (Lipinski definition) is 9. The first-order chi connectivity index (χ1) is 17.7. The number of ketones is 1. The Morgan fingerprint density at radius 2 is 1.95 bits per heavy atom. The van der Waals surface area contributed by atoms with E-state index in [1.54, 1.807) is 32.2 Å². The second-order valence-electron chi connectivity index (χ2n) is 8.99. The lowest BCUT2D eigenvalue weighted by Gasteiger charge is -2.20. The molecule has 0 spiro atoms. The first-order valence-electron chi connectivity index (χ1n) is 11.7. The van der Waals surface area contributed by atoms with Crippen LogP contribution in [-0.4, -0.2) is 42.5 Å². The summed E-state index contributed by atoms with van der Waals surface area (Å²) in [4.78, 5) is 47.2. The van der Waals surface area contributed by atoms with Crippen molar-refractivity contribution in [2.24, 2.45) is 5.92 Å². The molecular formula is C26H27N7O4. The number of benzene rings is 1. The van der Waals surface area contributed by atoms with Gasteiger partial charge < -0.3 is 15.5 Å². The summed E-state index contributed by atoms with van der Waals surface area (Å²) >= 11 is 0. The van der Waals surface area contributed by atoms with E-state index in [1.165, 1.54) is 12.4 Å². The highest BCUT2D eigenvalue weighted by Crippen LogP contribution is 2.16. The molecule has 1 amide bonds. The molecule has 0 bridgehead atoms. The van der Waals surface area contributed by atoms with E-state index in [2.05, 4.69) is 25.5 Å². The molecule has 4 rings (SSSR count). The van der Waals surface area contributed by atoms with Crippen LogP contribution in [0.4, 0.5) is 5.69 Å². The number of aryl methyl sites for hydroxylation is 1. The summed E-state index contributed by atoms with van der Waals surface area (Å²) in [6, 6.07) is 10.3. The van der Waals surface area contributed by atoms with Gasteiger partial charge >= 0.3 is 0 Å². The molecule has 190 valence electrons. The van der Waals surface area contributed by atoms with Gasteiger partial charge in [-0.15, -0.1) is 10.2 Å². The zero-order valence-corrected chi connectivity index (χ0v) is 20.7. The minimum atomic E-state index is -0.952. The molecule has 1 aromatic carbocycles. The topological polar surface area (TPSA) is 159 Å². The maximum absolute atomic E-state index is 13.2. The molecule has 1 unspecified atom stereocenters. The quantitative estimate of drug-likeness (QED) is 0.328. The molecule has 4 aromatic rings. The Hall–Kier alpha value is -4.67. The van der Waals surface area contributed by atoms with Crippen LogP contribution in [0.15, 0.2) is 64.2 Å². The fourth-order valence-corrected chi connectivity index (χ4v) is 3.83. The molecule has 11 nitrogen and oxygen atoms in total. The van der Waals surface area contributed by atoms with Gasteiger partial charge in [-0.3, -0.25) is 23.9 Å². The fourth-order valence-electron chi connectivity index (χ4n) is 3.83. The summed E-state index contributed by atoms with van der Waals surface area (Å²) in [6.07, 6.45) is 4.72. The smallest absolute Gasteiger partial charge is 0.286 e. The molecule has 3 N–H and O–H groups in total. The van der Waals surface area contributed by atoms with Crippen molar-refractivity contribution in [1.82, 2.24) is 30.0 Å². The molecule has 0 fully saturated rings. The summed E-state index contributed by atoms with van der Waals surface area (Å²) in [7, 11) is 0. The molecule has 37 heavy (non-hydrogen) atoms. The van der Waals surface area contributed by atoms with E-state index in [0.717, 1.165) is 15.7 Å². The van der Waals surface area contributed by atoms with Gasteiger partial charge in [-0.1, -0.05) is 43.7 Å². The number of anilines is 1. The molecule has 0 radical (unpaired) electrons. The molecule has 3 aromatic heterocycles. The fraction of sp³-hybridized carbons (Fsp3) is 0.269. The van der Waals surface area contributed by atoms with Crippen LogP contribution in [0, 0.1) is 12.8 Å². The molecule has 11 heteroatoms. The number of nitrogens with one attached hydrogen (secondary N) is 1. The predicted molar refractivity (Wildman–Crippen MR) is 136 cm³/mol. The highest BCUT2D eigenvalue weighted by atomic mass is 16.4. The Morgan fingerprint density at radius 3 is 2.65 bits per heavy atom. The van der Waals surface area contributed by atoms with Crippen molar-refractivity contribution in [3.63, 3.8) is 0 Å². The first kappa shape index (κ1) is 25.4. The van der Waals surface area contributed by atoms with Crippen LogP contribution in [0.25, 0.3) is 11.4 Å². The number of nitrogens with two attached hydrogens (primary N) is 1. The number of carbonyl (C=O) groups is 2. The van der Waals surface area contributed by atoms with Gasteiger partial charge in [0.05, 0.1) is 18.7 Å². The number of amides is 1. The van der Waals surface area contributed by atoms with E-state index in [9.17, 15) is 14.4 Å². The number of pyridine rings is 1. The molecule has 0 aliphatic rings. The Labute approximate surface area is 212 Å². The second-order valence-corrected chi connectivity index (χ2v) is 8.99. The molecule has 0 saturated heterocycles. The van der Waals surface area contributed by atoms with Crippen molar-refractivity contribution in [2.75, 3.05) is 5.73 Å². The van der Waals surface area contributed by atoms with Crippen molar-refractivity contribution >= 4 is 17.4 Å². The summed E-state index contributed by atoms with van der Waals surface area (Å²) in [6.45, 7) is 5.14. The maximum Gasteiger partial charge on any atom is 0.286 e. The highest BCUT2D eigenvalue weighted by Gasteiger charge is 2.30. The Morgan fingerprint density at radius 1 is 1.14 bits per heavy atom. The minimum absolute atomic E-state index is 0.107. The SMILES string of the molecule is Cc1cccc(Cc2nnc(C(=O)C(NC(=O)Cn3c(-c4cccnc4)ncc(N)c3=O)C(C)C)o2)c1. The largest absolute Gasteiger partial charge is 0.418 e. The van der Waals surface area contributed by atoms with Crippen LogP contribution in [0.1, 0.15) is 41.6 Å². The third kappa shape index (κ3) is 5.95. The number of nitrogen functional groups attached to an aromatic ring is 1. The number of aromatic nitrogens is 5. The lowest BCUT2D eigenvalue weighted by molar-refractivity contribution is -0.122. The molecule has 0 saturated carbocycles. The average molecular weight is 502 g/mol. The van der Waals surface area contributed by atoms with Crippen LogP contribution in [0.3, 0.4) is 0 Å². The lowest BCUT2D eigenvalue weighted by Crippen LogP contribution is -2.46. The minimum Gasteiger partial charge on any atom is -0.418 e. The third-order valence-corrected chi connectivity index (χ3v) is 5.68. The van der Waals surface area contributed by atoms with Gasteiger partial charge in [0.1, 0.15) is 18.1 Å². The van der Waals surface area contributed by atoms with Gasteiger partial charge in [0, 0.05) is 18.0 Å². The number of Topliss-reactive ketones (excluding diaryl/α,β-unsaturated/α-hetero) is 1. The molecule has 0 aliphatic heterocycles. The normalized spacial score (nSPS) is 11.9. The summed E-state index contributed by atoms with van der Waals surface area (Å²) in [5.74, 6) is -1.06.